The third kappa shape index (κ3) is 4.96. The van der Waals surface area contributed by atoms with Crippen molar-refractivity contribution in [3.63, 3.8) is 0 Å². The molecule has 2 rings (SSSR count). The monoisotopic (exact) mass is 292 g/mol. The van der Waals surface area contributed by atoms with Crippen LogP contribution in [0.15, 0.2) is 28.8 Å². The molecule has 0 aliphatic carbocycles. The number of aromatic nitrogens is 2. The largest absolute Gasteiger partial charge is 0.355 e. The van der Waals surface area contributed by atoms with Crippen molar-refractivity contribution in [2.24, 2.45) is 0 Å². The second kappa shape index (κ2) is 7.49. The maximum Gasteiger partial charge on any atom is 0.240 e. The molecule has 1 aromatic carbocycles. The van der Waals surface area contributed by atoms with Crippen molar-refractivity contribution in [1.29, 1.82) is 0 Å². The van der Waals surface area contributed by atoms with Crippen molar-refractivity contribution in [2.45, 2.75) is 19.9 Å². The number of benzene rings is 1. The molecule has 1 heterocycles. The third-order valence-corrected chi connectivity index (χ3v) is 2.77. The number of halogens is 1. The predicted molar refractivity (Wildman–Crippen MR) is 73.9 cm³/mol. The first-order valence-corrected chi connectivity index (χ1v) is 6.65. The van der Waals surface area contributed by atoms with Crippen LogP contribution in [0.4, 0.5) is 4.39 Å². The second-order valence-corrected chi connectivity index (χ2v) is 4.53. The average Bonchev–Trinajstić information content (AvgIpc) is 2.88. The summed E-state index contributed by atoms with van der Waals surface area (Å²) in [4.78, 5) is 14.9. The van der Waals surface area contributed by atoms with Gasteiger partial charge in [-0.05, 0) is 11.6 Å². The summed E-state index contributed by atoms with van der Waals surface area (Å²) in [5, 5.41) is 9.54. The number of carbonyl (C=O) groups excluding carboxylic acids is 1. The highest BCUT2D eigenvalue weighted by atomic mass is 19.1. The molecule has 7 heteroatoms. The van der Waals surface area contributed by atoms with Crippen LogP contribution in [0, 0.1) is 5.82 Å². The average molecular weight is 292 g/mol. The minimum absolute atomic E-state index is 0.0678. The zero-order valence-electron chi connectivity index (χ0n) is 11.7. The summed E-state index contributed by atoms with van der Waals surface area (Å²) < 4.78 is 18.6. The third-order valence-electron chi connectivity index (χ3n) is 2.77. The molecular weight excluding hydrogens is 275 g/mol. The molecule has 0 aliphatic rings. The van der Waals surface area contributed by atoms with Crippen molar-refractivity contribution in [2.75, 3.05) is 13.1 Å². The van der Waals surface area contributed by atoms with E-state index in [4.69, 9.17) is 4.52 Å². The molecule has 0 aliphatic heterocycles. The summed E-state index contributed by atoms with van der Waals surface area (Å²) in [5.41, 5.74) is 0.531. The quantitative estimate of drug-likeness (QED) is 0.745. The van der Waals surface area contributed by atoms with Gasteiger partial charge in [-0.25, -0.2) is 4.39 Å². The number of hydrogen-bond acceptors (Lipinski definition) is 5. The van der Waals surface area contributed by atoms with Crippen LogP contribution < -0.4 is 10.6 Å². The first kappa shape index (κ1) is 15.1. The van der Waals surface area contributed by atoms with Gasteiger partial charge in [0.25, 0.3) is 0 Å². The second-order valence-electron chi connectivity index (χ2n) is 4.53. The van der Waals surface area contributed by atoms with E-state index >= 15 is 0 Å². The van der Waals surface area contributed by atoms with E-state index in [0.29, 0.717) is 43.3 Å². The van der Waals surface area contributed by atoms with Crippen LogP contribution >= 0.6 is 0 Å². The number of nitrogens with one attached hydrogen (secondary N) is 2. The van der Waals surface area contributed by atoms with Crippen molar-refractivity contribution >= 4 is 5.91 Å². The van der Waals surface area contributed by atoms with Crippen LogP contribution in [0.3, 0.4) is 0 Å². The maximum atomic E-state index is 13.5. The number of rotatable bonds is 7. The SMILES string of the molecule is CC(=O)NCCNCc1nc(Cc2ccccc2F)no1. The highest BCUT2D eigenvalue weighted by Crippen LogP contribution is 2.10. The fourth-order valence-corrected chi connectivity index (χ4v) is 1.77. The zero-order chi connectivity index (χ0) is 15.1. The van der Waals surface area contributed by atoms with E-state index in [2.05, 4.69) is 20.8 Å². The van der Waals surface area contributed by atoms with Crippen LogP contribution in [0.1, 0.15) is 24.2 Å². The van der Waals surface area contributed by atoms with Crippen molar-refractivity contribution < 1.29 is 13.7 Å². The van der Waals surface area contributed by atoms with Gasteiger partial charge >= 0.3 is 0 Å². The molecule has 0 atom stereocenters. The molecule has 21 heavy (non-hydrogen) atoms. The van der Waals surface area contributed by atoms with Crippen LogP contribution in [0.25, 0.3) is 0 Å². The maximum absolute atomic E-state index is 13.5. The van der Waals surface area contributed by atoms with Crippen LogP contribution in [-0.2, 0) is 17.8 Å². The Hall–Kier alpha value is -2.28. The van der Waals surface area contributed by atoms with Gasteiger partial charge in [0, 0.05) is 26.4 Å². The first-order valence-electron chi connectivity index (χ1n) is 6.65. The first-order chi connectivity index (χ1) is 10.1. The molecule has 0 unspecified atom stereocenters. The summed E-state index contributed by atoms with van der Waals surface area (Å²) in [5.74, 6) is 0.530. The predicted octanol–water partition coefficient (Wildman–Crippen LogP) is 1.03. The van der Waals surface area contributed by atoms with Gasteiger partial charge in [0.1, 0.15) is 5.82 Å². The molecule has 0 spiro atoms. The zero-order valence-corrected chi connectivity index (χ0v) is 11.7. The van der Waals surface area contributed by atoms with E-state index in [-0.39, 0.29) is 11.7 Å². The van der Waals surface area contributed by atoms with Gasteiger partial charge in [-0.3, -0.25) is 4.79 Å². The Bertz CT molecular complexity index is 600. The standard InChI is InChI=1S/C14H17FN4O2/c1-10(20)17-7-6-16-9-14-18-13(19-21-14)8-11-4-2-3-5-12(11)15/h2-5,16H,6-9H2,1H3,(H,17,20). The molecular formula is C14H17FN4O2. The topological polar surface area (TPSA) is 80.0 Å². The summed E-state index contributed by atoms with van der Waals surface area (Å²) in [7, 11) is 0. The molecule has 1 aromatic heterocycles. The Morgan fingerprint density at radius 2 is 2.14 bits per heavy atom. The number of carbonyl (C=O) groups is 1. The van der Waals surface area contributed by atoms with Gasteiger partial charge in [0.2, 0.25) is 11.8 Å². The van der Waals surface area contributed by atoms with E-state index in [0.717, 1.165) is 0 Å². The lowest BCUT2D eigenvalue weighted by Gasteiger charge is -2.01. The molecule has 0 radical (unpaired) electrons. The Labute approximate surface area is 121 Å². The Kier molecular flexibility index (Phi) is 5.39. The molecule has 0 saturated carbocycles. The van der Waals surface area contributed by atoms with Crippen molar-refractivity contribution in [3.05, 3.63) is 47.4 Å². The van der Waals surface area contributed by atoms with Crippen LogP contribution in [0.2, 0.25) is 0 Å². The lowest BCUT2D eigenvalue weighted by molar-refractivity contribution is -0.118. The number of nitrogens with zero attached hydrogens (tertiary/aromatic N) is 2. The molecule has 112 valence electrons. The van der Waals surface area contributed by atoms with E-state index < -0.39 is 0 Å². The smallest absolute Gasteiger partial charge is 0.240 e. The minimum Gasteiger partial charge on any atom is -0.355 e. The molecule has 1 amide bonds. The Balaban J connectivity index is 1.79. The minimum atomic E-state index is -0.280. The normalized spacial score (nSPS) is 10.6. The summed E-state index contributed by atoms with van der Waals surface area (Å²) in [6.07, 6.45) is 0.294. The highest BCUT2D eigenvalue weighted by Gasteiger charge is 2.09. The molecule has 6 nitrogen and oxygen atoms in total. The molecule has 2 aromatic rings. The van der Waals surface area contributed by atoms with Crippen LogP contribution in [0.5, 0.6) is 0 Å². The lowest BCUT2D eigenvalue weighted by atomic mass is 10.1. The molecule has 2 N–H and O–H groups in total. The van der Waals surface area contributed by atoms with E-state index in [1.807, 2.05) is 0 Å². The molecule has 0 saturated heterocycles. The van der Waals surface area contributed by atoms with E-state index in [1.165, 1.54) is 13.0 Å². The van der Waals surface area contributed by atoms with Gasteiger partial charge in [-0.2, -0.15) is 4.98 Å². The van der Waals surface area contributed by atoms with E-state index in [9.17, 15) is 9.18 Å². The molecule has 0 bridgehead atoms. The summed E-state index contributed by atoms with van der Waals surface area (Å²) in [6, 6.07) is 6.50. The van der Waals surface area contributed by atoms with Crippen LogP contribution in [-0.4, -0.2) is 29.1 Å². The van der Waals surface area contributed by atoms with Gasteiger partial charge in [-0.1, -0.05) is 23.4 Å². The molecule has 0 fully saturated rings. The highest BCUT2D eigenvalue weighted by molar-refractivity contribution is 5.72. The van der Waals surface area contributed by atoms with Gasteiger partial charge in [0.15, 0.2) is 5.82 Å². The van der Waals surface area contributed by atoms with Gasteiger partial charge in [0.05, 0.1) is 6.54 Å². The Morgan fingerprint density at radius 1 is 1.33 bits per heavy atom. The van der Waals surface area contributed by atoms with Gasteiger partial charge in [-0.15, -0.1) is 0 Å². The van der Waals surface area contributed by atoms with Crippen molar-refractivity contribution in [1.82, 2.24) is 20.8 Å². The number of hydrogen-bond donors (Lipinski definition) is 2. The van der Waals surface area contributed by atoms with Gasteiger partial charge < -0.3 is 15.2 Å². The fourth-order valence-electron chi connectivity index (χ4n) is 1.77. The Morgan fingerprint density at radius 3 is 2.90 bits per heavy atom. The number of amides is 1. The summed E-state index contributed by atoms with van der Waals surface area (Å²) >= 11 is 0. The summed E-state index contributed by atoms with van der Waals surface area (Å²) in [6.45, 7) is 3.01. The van der Waals surface area contributed by atoms with E-state index in [1.54, 1.807) is 18.2 Å². The fraction of sp³-hybridized carbons (Fsp3) is 0.357. The lowest BCUT2D eigenvalue weighted by Crippen LogP contribution is -2.29. The van der Waals surface area contributed by atoms with Crippen molar-refractivity contribution in [3.8, 4) is 0 Å².